The zero-order valence-electron chi connectivity index (χ0n) is 13.5. The van der Waals surface area contributed by atoms with Crippen LogP contribution in [0, 0.1) is 6.92 Å². The average Bonchev–Trinajstić information content (AvgIpc) is 2.89. The number of fused-ring (bicyclic) bond motifs is 1. The van der Waals surface area contributed by atoms with Gasteiger partial charge in [-0.2, -0.15) is 5.10 Å². The van der Waals surface area contributed by atoms with E-state index in [4.69, 9.17) is 0 Å². The van der Waals surface area contributed by atoms with Gasteiger partial charge in [0.15, 0.2) is 0 Å². The van der Waals surface area contributed by atoms with Gasteiger partial charge in [0.05, 0.1) is 17.8 Å². The van der Waals surface area contributed by atoms with Crippen LogP contribution in [0.2, 0.25) is 0 Å². The first-order valence-corrected chi connectivity index (χ1v) is 8.11. The Morgan fingerprint density at radius 3 is 2.64 bits per heavy atom. The van der Waals surface area contributed by atoms with Gasteiger partial charge in [0.2, 0.25) is 5.91 Å². The lowest BCUT2D eigenvalue weighted by atomic mass is 10.2. The zero-order chi connectivity index (χ0) is 15.5. The summed E-state index contributed by atoms with van der Waals surface area (Å²) >= 11 is 0. The lowest BCUT2D eigenvalue weighted by molar-refractivity contribution is -0.133. The first-order chi connectivity index (χ1) is 10.7. The third-order valence-electron chi connectivity index (χ3n) is 4.55. The predicted molar refractivity (Wildman–Crippen MR) is 87.8 cm³/mol. The number of likely N-dealkylation sites (N-methyl/N-ethyl adjacent to an activating group) is 1. The van der Waals surface area contributed by atoms with Gasteiger partial charge in [-0.3, -0.25) is 9.48 Å². The third kappa shape index (κ3) is 2.99. The predicted octanol–water partition coefficient (Wildman–Crippen LogP) is 1.90. The summed E-state index contributed by atoms with van der Waals surface area (Å²) in [6, 6.07) is 8.20. The molecule has 0 atom stereocenters. The largest absolute Gasteiger partial charge is 0.340 e. The van der Waals surface area contributed by atoms with Gasteiger partial charge in [-0.05, 0) is 19.5 Å². The number of amides is 1. The van der Waals surface area contributed by atoms with Crippen molar-refractivity contribution in [1.82, 2.24) is 19.6 Å². The van der Waals surface area contributed by atoms with Crippen LogP contribution in [-0.2, 0) is 11.3 Å². The molecule has 0 saturated carbocycles. The van der Waals surface area contributed by atoms with E-state index in [0.29, 0.717) is 13.0 Å². The van der Waals surface area contributed by atoms with Crippen molar-refractivity contribution >= 4 is 16.8 Å². The molecule has 1 aliphatic rings. The highest BCUT2D eigenvalue weighted by molar-refractivity contribution is 5.82. The molecule has 2 aromatic rings. The Labute approximate surface area is 131 Å². The van der Waals surface area contributed by atoms with Crippen molar-refractivity contribution in [1.29, 1.82) is 0 Å². The molecule has 0 spiro atoms. The minimum absolute atomic E-state index is 0.244. The Balaban J connectivity index is 1.61. The molecule has 5 heteroatoms. The molecule has 1 aromatic carbocycles. The normalized spacial score (nSPS) is 16.4. The Kier molecular flexibility index (Phi) is 4.43. The van der Waals surface area contributed by atoms with Crippen LogP contribution >= 0.6 is 0 Å². The number of rotatable bonds is 4. The van der Waals surface area contributed by atoms with E-state index >= 15 is 0 Å². The summed E-state index contributed by atoms with van der Waals surface area (Å²) in [5.41, 5.74) is 2.14. The van der Waals surface area contributed by atoms with E-state index in [-0.39, 0.29) is 5.91 Å². The Bertz CT molecular complexity index is 656. The van der Waals surface area contributed by atoms with Gasteiger partial charge in [0.1, 0.15) is 0 Å². The quantitative estimate of drug-likeness (QED) is 0.866. The second-order valence-corrected chi connectivity index (χ2v) is 5.89. The van der Waals surface area contributed by atoms with Crippen LogP contribution in [0.5, 0.6) is 0 Å². The van der Waals surface area contributed by atoms with Crippen LogP contribution in [0.4, 0.5) is 0 Å². The van der Waals surface area contributed by atoms with E-state index < -0.39 is 0 Å². The summed E-state index contributed by atoms with van der Waals surface area (Å²) in [6.07, 6.45) is 0.525. The SMILES string of the molecule is CCN1CCN(C(=O)CCn2nc(C)c3ccccc32)CC1. The highest BCUT2D eigenvalue weighted by Gasteiger charge is 2.20. The molecule has 1 amide bonds. The number of para-hydroxylation sites is 1. The monoisotopic (exact) mass is 300 g/mol. The lowest BCUT2D eigenvalue weighted by Crippen LogP contribution is -2.48. The van der Waals surface area contributed by atoms with Gasteiger partial charge < -0.3 is 9.80 Å². The highest BCUT2D eigenvalue weighted by atomic mass is 16.2. The molecule has 0 aliphatic carbocycles. The van der Waals surface area contributed by atoms with Crippen molar-refractivity contribution in [3.63, 3.8) is 0 Å². The number of aryl methyl sites for hydroxylation is 2. The summed E-state index contributed by atoms with van der Waals surface area (Å²) in [7, 11) is 0. The smallest absolute Gasteiger partial charge is 0.224 e. The fourth-order valence-electron chi connectivity index (χ4n) is 3.14. The van der Waals surface area contributed by atoms with Crippen LogP contribution < -0.4 is 0 Å². The second kappa shape index (κ2) is 6.48. The van der Waals surface area contributed by atoms with Crippen molar-refractivity contribution in [2.24, 2.45) is 0 Å². The van der Waals surface area contributed by atoms with Crippen LogP contribution in [0.1, 0.15) is 19.0 Å². The molecule has 1 aliphatic heterocycles. The van der Waals surface area contributed by atoms with E-state index in [1.165, 1.54) is 5.39 Å². The van der Waals surface area contributed by atoms with Crippen molar-refractivity contribution in [2.75, 3.05) is 32.7 Å². The molecular formula is C17H24N4O. The molecule has 1 fully saturated rings. The molecule has 118 valence electrons. The average molecular weight is 300 g/mol. The number of carbonyl (C=O) groups is 1. The Morgan fingerprint density at radius 1 is 1.18 bits per heavy atom. The molecule has 22 heavy (non-hydrogen) atoms. The molecule has 2 heterocycles. The van der Waals surface area contributed by atoms with Gasteiger partial charge in [-0.1, -0.05) is 25.1 Å². The first kappa shape index (κ1) is 15.0. The molecule has 1 saturated heterocycles. The third-order valence-corrected chi connectivity index (χ3v) is 4.55. The molecule has 0 bridgehead atoms. The molecule has 0 unspecified atom stereocenters. The zero-order valence-corrected chi connectivity index (χ0v) is 13.5. The maximum absolute atomic E-state index is 12.4. The minimum atomic E-state index is 0.244. The number of nitrogens with zero attached hydrogens (tertiary/aromatic N) is 4. The van der Waals surface area contributed by atoms with Crippen molar-refractivity contribution < 1.29 is 4.79 Å². The second-order valence-electron chi connectivity index (χ2n) is 5.89. The summed E-state index contributed by atoms with van der Waals surface area (Å²) in [5.74, 6) is 0.244. The van der Waals surface area contributed by atoms with Gasteiger partial charge in [0.25, 0.3) is 0 Å². The summed E-state index contributed by atoms with van der Waals surface area (Å²) in [4.78, 5) is 16.7. The van der Waals surface area contributed by atoms with Crippen LogP contribution in [-0.4, -0.2) is 58.2 Å². The topological polar surface area (TPSA) is 41.4 Å². The van der Waals surface area contributed by atoms with Crippen LogP contribution in [0.25, 0.3) is 10.9 Å². The minimum Gasteiger partial charge on any atom is -0.340 e. The van der Waals surface area contributed by atoms with Gasteiger partial charge in [-0.25, -0.2) is 0 Å². The molecule has 3 rings (SSSR count). The van der Waals surface area contributed by atoms with Crippen molar-refractivity contribution in [3.05, 3.63) is 30.0 Å². The van der Waals surface area contributed by atoms with Gasteiger partial charge in [0, 0.05) is 38.0 Å². The summed E-state index contributed by atoms with van der Waals surface area (Å²) < 4.78 is 1.96. The summed E-state index contributed by atoms with van der Waals surface area (Å²) in [5, 5.41) is 5.74. The standard InChI is InChI=1S/C17H24N4O/c1-3-19-10-12-20(13-11-19)17(22)8-9-21-16-7-5-4-6-15(16)14(2)18-21/h4-7H,3,8-13H2,1-2H3. The molecule has 5 nitrogen and oxygen atoms in total. The number of piperazine rings is 1. The number of benzene rings is 1. The molecule has 1 aromatic heterocycles. The Hall–Kier alpha value is -1.88. The van der Waals surface area contributed by atoms with Crippen LogP contribution in [0.15, 0.2) is 24.3 Å². The van der Waals surface area contributed by atoms with E-state index in [1.807, 2.05) is 28.6 Å². The molecule has 0 N–H and O–H groups in total. The fraction of sp³-hybridized carbons (Fsp3) is 0.529. The Morgan fingerprint density at radius 2 is 1.91 bits per heavy atom. The van der Waals surface area contributed by atoms with Crippen LogP contribution in [0.3, 0.4) is 0 Å². The number of aromatic nitrogens is 2. The van der Waals surface area contributed by atoms with Crippen molar-refractivity contribution in [2.45, 2.75) is 26.8 Å². The highest BCUT2D eigenvalue weighted by Crippen LogP contribution is 2.17. The van der Waals surface area contributed by atoms with E-state index in [9.17, 15) is 4.79 Å². The number of hydrogen-bond donors (Lipinski definition) is 0. The van der Waals surface area contributed by atoms with Gasteiger partial charge >= 0.3 is 0 Å². The fourth-order valence-corrected chi connectivity index (χ4v) is 3.14. The van der Waals surface area contributed by atoms with E-state index in [0.717, 1.165) is 43.9 Å². The summed E-state index contributed by atoms with van der Waals surface area (Å²) in [6.45, 7) is 9.60. The first-order valence-electron chi connectivity index (χ1n) is 8.11. The van der Waals surface area contributed by atoms with E-state index in [1.54, 1.807) is 0 Å². The van der Waals surface area contributed by atoms with Gasteiger partial charge in [-0.15, -0.1) is 0 Å². The lowest BCUT2D eigenvalue weighted by Gasteiger charge is -2.34. The molecular weight excluding hydrogens is 276 g/mol. The number of hydrogen-bond acceptors (Lipinski definition) is 3. The maximum Gasteiger partial charge on any atom is 0.224 e. The van der Waals surface area contributed by atoms with E-state index in [2.05, 4.69) is 29.1 Å². The number of carbonyl (C=O) groups excluding carboxylic acids is 1. The van der Waals surface area contributed by atoms with Crippen molar-refractivity contribution in [3.8, 4) is 0 Å². The maximum atomic E-state index is 12.4. The molecule has 0 radical (unpaired) electrons.